The summed E-state index contributed by atoms with van der Waals surface area (Å²) in [5.74, 6) is 0.484. The lowest BCUT2D eigenvalue weighted by molar-refractivity contribution is 0.0686. The first-order valence-corrected chi connectivity index (χ1v) is 3.38. The van der Waals surface area contributed by atoms with Gasteiger partial charge in [-0.1, -0.05) is 5.16 Å². The van der Waals surface area contributed by atoms with Crippen molar-refractivity contribution in [3.63, 3.8) is 0 Å². The van der Waals surface area contributed by atoms with Crippen molar-refractivity contribution in [3.8, 4) is 0 Å². The fourth-order valence-electron chi connectivity index (χ4n) is 0.817. The molecule has 0 aromatic carbocycles. The minimum Gasteiger partial charge on any atom is -0.372 e. The number of aromatic nitrogens is 2. The quantitative estimate of drug-likeness (QED) is 0.671. The molecule has 1 aromatic heterocycles. The zero-order valence-electron chi connectivity index (χ0n) is 6.36. The van der Waals surface area contributed by atoms with Crippen molar-refractivity contribution in [1.82, 2.24) is 10.1 Å². The van der Waals surface area contributed by atoms with Crippen LogP contribution in [0.25, 0.3) is 0 Å². The van der Waals surface area contributed by atoms with Gasteiger partial charge in [-0.15, -0.1) is 0 Å². The number of hydrogen-bond donors (Lipinski definition) is 1. The van der Waals surface area contributed by atoms with E-state index in [1.165, 1.54) is 6.33 Å². The average molecular weight is 157 g/mol. The Morgan fingerprint density at radius 1 is 1.82 bits per heavy atom. The van der Waals surface area contributed by atoms with Gasteiger partial charge in [-0.25, -0.2) is 0 Å². The lowest BCUT2D eigenvalue weighted by Crippen LogP contribution is -2.09. The molecule has 62 valence electrons. The van der Waals surface area contributed by atoms with Crippen LogP contribution in [0, 0.1) is 0 Å². The lowest BCUT2D eigenvalue weighted by atomic mass is 10.2. The molecule has 1 heterocycles. The molecule has 0 radical (unpaired) electrons. The summed E-state index contributed by atoms with van der Waals surface area (Å²) < 4.78 is 9.86. The van der Waals surface area contributed by atoms with Gasteiger partial charge in [-0.05, 0) is 13.0 Å². The van der Waals surface area contributed by atoms with Crippen molar-refractivity contribution in [1.29, 1.82) is 0 Å². The van der Waals surface area contributed by atoms with Gasteiger partial charge in [0.2, 0.25) is 0 Å². The Bertz CT molecular complexity index is 188. The highest BCUT2D eigenvalue weighted by Gasteiger charge is 2.14. The molecule has 0 amide bonds. The summed E-state index contributed by atoms with van der Waals surface area (Å²) in [6, 6.07) is 0. The standard InChI is InChI=1S/C6H11N3O2/c1-10-5(2-3-7)6-8-4-9-11-6/h4-5H,2-3,7H2,1H3. The number of nitrogens with zero attached hydrogens (tertiary/aromatic N) is 2. The van der Waals surface area contributed by atoms with E-state index < -0.39 is 0 Å². The summed E-state index contributed by atoms with van der Waals surface area (Å²) in [7, 11) is 1.59. The fraction of sp³-hybridized carbons (Fsp3) is 0.667. The molecule has 0 spiro atoms. The van der Waals surface area contributed by atoms with E-state index in [4.69, 9.17) is 15.0 Å². The number of methoxy groups -OCH3 is 1. The zero-order valence-corrected chi connectivity index (χ0v) is 6.36. The smallest absolute Gasteiger partial charge is 0.255 e. The van der Waals surface area contributed by atoms with Crippen molar-refractivity contribution < 1.29 is 9.26 Å². The molecular weight excluding hydrogens is 146 g/mol. The Balaban J connectivity index is 2.56. The molecule has 1 unspecified atom stereocenters. The molecule has 0 aliphatic heterocycles. The van der Waals surface area contributed by atoms with Crippen molar-refractivity contribution in [2.45, 2.75) is 12.5 Å². The number of ether oxygens (including phenoxy) is 1. The Morgan fingerprint density at radius 2 is 2.64 bits per heavy atom. The minimum absolute atomic E-state index is 0.164. The second-order valence-electron chi connectivity index (χ2n) is 2.08. The van der Waals surface area contributed by atoms with E-state index in [1.54, 1.807) is 7.11 Å². The molecule has 0 aliphatic rings. The summed E-state index contributed by atoms with van der Waals surface area (Å²) in [6.45, 7) is 0.543. The highest BCUT2D eigenvalue weighted by atomic mass is 16.5. The van der Waals surface area contributed by atoms with Gasteiger partial charge >= 0.3 is 0 Å². The van der Waals surface area contributed by atoms with E-state index in [1.807, 2.05) is 0 Å². The maximum absolute atomic E-state index is 5.34. The number of nitrogens with two attached hydrogens (primary N) is 1. The summed E-state index contributed by atoms with van der Waals surface area (Å²) >= 11 is 0. The van der Waals surface area contributed by atoms with Gasteiger partial charge in [0.15, 0.2) is 6.33 Å². The van der Waals surface area contributed by atoms with Crippen LogP contribution in [0.1, 0.15) is 18.4 Å². The van der Waals surface area contributed by atoms with Gasteiger partial charge in [0.05, 0.1) is 0 Å². The van der Waals surface area contributed by atoms with Crippen LogP contribution in [-0.4, -0.2) is 23.8 Å². The van der Waals surface area contributed by atoms with Gasteiger partial charge < -0.3 is 15.0 Å². The first kappa shape index (κ1) is 8.16. The molecule has 11 heavy (non-hydrogen) atoms. The molecule has 0 bridgehead atoms. The normalized spacial score (nSPS) is 13.3. The average Bonchev–Trinajstić information content (AvgIpc) is 2.52. The van der Waals surface area contributed by atoms with Gasteiger partial charge in [0.25, 0.3) is 5.89 Å². The molecule has 1 atom stereocenters. The minimum atomic E-state index is -0.164. The summed E-state index contributed by atoms with van der Waals surface area (Å²) in [5.41, 5.74) is 5.34. The van der Waals surface area contributed by atoms with E-state index in [0.717, 1.165) is 0 Å². The maximum Gasteiger partial charge on any atom is 0.255 e. The topological polar surface area (TPSA) is 74.2 Å². The molecule has 5 nitrogen and oxygen atoms in total. The second-order valence-corrected chi connectivity index (χ2v) is 2.08. The zero-order chi connectivity index (χ0) is 8.10. The lowest BCUT2D eigenvalue weighted by Gasteiger charge is -2.07. The first-order valence-electron chi connectivity index (χ1n) is 3.38. The third kappa shape index (κ3) is 1.99. The van der Waals surface area contributed by atoms with Crippen molar-refractivity contribution in [2.75, 3.05) is 13.7 Å². The van der Waals surface area contributed by atoms with E-state index >= 15 is 0 Å². The fourth-order valence-corrected chi connectivity index (χ4v) is 0.817. The summed E-state index contributed by atoms with van der Waals surface area (Å²) in [6.07, 6.45) is 1.87. The summed E-state index contributed by atoms with van der Waals surface area (Å²) in [4.78, 5) is 3.85. The van der Waals surface area contributed by atoms with Crippen LogP contribution >= 0.6 is 0 Å². The van der Waals surface area contributed by atoms with Crippen LogP contribution < -0.4 is 5.73 Å². The van der Waals surface area contributed by atoms with Crippen LogP contribution in [0.2, 0.25) is 0 Å². The molecule has 0 fully saturated rings. The molecule has 1 rings (SSSR count). The molecule has 2 N–H and O–H groups in total. The highest BCUT2D eigenvalue weighted by molar-refractivity contribution is 4.82. The monoisotopic (exact) mass is 157 g/mol. The Labute approximate surface area is 64.5 Å². The molecule has 5 heteroatoms. The molecule has 0 aliphatic carbocycles. The predicted octanol–water partition coefficient (Wildman–Crippen LogP) is 0.106. The Kier molecular flexibility index (Phi) is 3.00. The van der Waals surface area contributed by atoms with Crippen molar-refractivity contribution >= 4 is 0 Å². The van der Waals surface area contributed by atoms with Gasteiger partial charge in [0.1, 0.15) is 6.10 Å². The Morgan fingerprint density at radius 3 is 3.09 bits per heavy atom. The molecule has 1 aromatic rings. The third-order valence-electron chi connectivity index (χ3n) is 1.37. The molecular formula is C6H11N3O2. The van der Waals surface area contributed by atoms with Crippen LogP contribution in [0.5, 0.6) is 0 Å². The number of rotatable bonds is 4. The summed E-state index contributed by atoms with van der Waals surface area (Å²) in [5, 5.41) is 3.47. The third-order valence-corrected chi connectivity index (χ3v) is 1.37. The van der Waals surface area contributed by atoms with E-state index in [9.17, 15) is 0 Å². The molecule has 0 saturated heterocycles. The van der Waals surface area contributed by atoms with Crippen molar-refractivity contribution in [3.05, 3.63) is 12.2 Å². The second kappa shape index (κ2) is 4.05. The molecule has 0 saturated carbocycles. The SMILES string of the molecule is COC(CCN)c1ncno1. The maximum atomic E-state index is 5.34. The van der Waals surface area contributed by atoms with E-state index in [2.05, 4.69) is 10.1 Å². The Hall–Kier alpha value is -0.940. The largest absolute Gasteiger partial charge is 0.372 e. The van der Waals surface area contributed by atoms with Gasteiger partial charge in [-0.3, -0.25) is 0 Å². The first-order chi connectivity index (χ1) is 5.38. The van der Waals surface area contributed by atoms with Gasteiger partial charge in [0, 0.05) is 7.11 Å². The highest BCUT2D eigenvalue weighted by Crippen LogP contribution is 2.15. The van der Waals surface area contributed by atoms with Crippen LogP contribution in [0.15, 0.2) is 10.9 Å². The van der Waals surface area contributed by atoms with E-state index in [-0.39, 0.29) is 6.10 Å². The van der Waals surface area contributed by atoms with Gasteiger partial charge in [-0.2, -0.15) is 4.98 Å². The predicted molar refractivity (Wildman–Crippen MR) is 37.7 cm³/mol. The van der Waals surface area contributed by atoms with Crippen LogP contribution in [0.4, 0.5) is 0 Å². The van der Waals surface area contributed by atoms with Crippen molar-refractivity contribution in [2.24, 2.45) is 5.73 Å². The number of hydrogen-bond acceptors (Lipinski definition) is 5. The van der Waals surface area contributed by atoms with E-state index in [0.29, 0.717) is 18.9 Å². The van der Waals surface area contributed by atoms with Crippen LogP contribution in [0.3, 0.4) is 0 Å². The van der Waals surface area contributed by atoms with Crippen LogP contribution in [-0.2, 0) is 4.74 Å².